The number of carbonyl (C=O) groups is 3. The second-order valence-electron chi connectivity index (χ2n) is 6.15. The molecule has 0 radical (unpaired) electrons. The largest absolute Gasteiger partial charge is 0.481 e. The molecule has 20 heavy (non-hydrogen) atoms. The third-order valence-corrected chi connectivity index (χ3v) is 4.02. The van der Waals surface area contributed by atoms with Gasteiger partial charge in [0.25, 0.3) is 0 Å². The molecule has 114 valence electrons. The second-order valence-corrected chi connectivity index (χ2v) is 6.15. The Labute approximate surface area is 119 Å². The summed E-state index contributed by atoms with van der Waals surface area (Å²) in [5, 5.41) is 11.6. The third kappa shape index (κ3) is 4.51. The standard InChI is InChI=1S/C14H24N2O4/c1-9(2)12(13(15)20)16-10(17)7-14(8-11(18)19)5-3-4-6-14/h9,12H,3-8H2,1-2H3,(H2,15,20)(H,16,17)(H,18,19). The van der Waals surface area contributed by atoms with E-state index in [-0.39, 0.29) is 24.7 Å². The fourth-order valence-corrected chi connectivity index (χ4v) is 2.99. The van der Waals surface area contributed by atoms with Gasteiger partial charge >= 0.3 is 5.97 Å². The number of nitrogens with one attached hydrogen (secondary N) is 1. The molecule has 0 spiro atoms. The summed E-state index contributed by atoms with van der Waals surface area (Å²) < 4.78 is 0. The molecule has 0 aromatic heterocycles. The van der Waals surface area contributed by atoms with E-state index in [9.17, 15) is 14.4 Å². The molecule has 0 aromatic rings. The van der Waals surface area contributed by atoms with Crippen LogP contribution in [0.2, 0.25) is 0 Å². The second kappa shape index (κ2) is 6.72. The summed E-state index contributed by atoms with van der Waals surface area (Å²) in [5.74, 6) is -1.82. The molecule has 2 amide bonds. The van der Waals surface area contributed by atoms with E-state index in [2.05, 4.69) is 5.32 Å². The van der Waals surface area contributed by atoms with Crippen molar-refractivity contribution in [2.75, 3.05) is 0 Å². The summed E-state index contributed by atoms with van der Waals surface area (Å²) in [6, 6.07) is -0.703. The first-order valence-electron chi connectivity index (χ1n) is 7.06. The molecule has 1 unspecified atom stereocenters. The van der Waals surface area contributed by atoms with Gasteiger partial charge in [-0.15, -0.1) is 0 Å². The van der Waals surface area contributed by atoms with Gasteiger partial charge in [-0.2, -0.15) is 0 Å². The lowest BCUT2D eigenvalue weighted by molar-refractivity contribution is -0.140. The smallest absolute Gasteiger partial charge is 0.303 e. The van der Waals surface area contributed by atoms with Crippen molar-refractivity contribution < 1.29 is 19.5 Å². The van der Waals surface area contributed by atoms with E-state index in [4.69, 9.17) is 10.8 Å². The van der Waals surface area contributed by atoms with Gasteiger partial charge in [-0.05, 0) is 24.2 Å². The van der Waals surface area contributed by atoms with Crippen LogP contribution in [0.3, 0.4) is 0 Å². The first-order chi connectivity index (χ1) is 9.26. The molecule has 6 nitrogen and oxygen atoms in total. The van der Waals surface area contributed by atoms with Gasteiger partial charge in [-0.3, -0.25) is 14.4 Å². The number of carboxylic acids is 1. The molecule has 0 saturated heterocycles. The van der Waals surface area contributed by atoms with Gasteiger partial charge in [0, 0.05) is 6.42 Å². The topological polar surface area (TPSA) is 109 Å². The van der Waals surface area contributed by atoms with Gasteiger partial charge in [0.2, 0.25) is 11.8 Å². The van der Waals surface area contributed by atoms with Gasteiger partial charge in [0.1, 0.15) is 6.04 Å². The monoisotopic (exact) mass is 284 g/mol. The maximum atomic E-state index is 12.1. The normalized spacial score (nSPS) is 18.8. The van der Waals surface area contributed by atoms with Crippen molar-refractivity contribution in [1.29, 1.82) is 0 Å². The highest BCUT2D eigenvalue weighted by Gasteiger charge is 2.38. The first-order valence-corrected chi connectivity index (χ1v) is 7.06. The van der Waals surface area contributed by atoms with Gasteiger partial charge in [-0.1, -0.05) is 26.7 Å². The molecule has 1 rings (SSSR count). The SMILES string of the molecule is CC(C)C(NC(=O)CC1(CC(=O)O)CCCC1)C(N)=O. The van der Waals surface area contributed by atoms with Crippen molar-refractivity contribution in [3.8, 4) is 0 Å². The van der Waals surface area contributed by atoms with Crippen LogP contribution in [-0.4, -0.2) is 28.9 Å². The zero-order valence-corrected chi connectivity index (χ0v) is 12.1. The summed E-state index contributed by atoms with van der Waals surface area (Å²) in [6.45, 7) is 3.61. The van der Waals surface area contributed by atoms with Crippen LogP contribution >= 0.6 is 0 Å². The highest BCUT2D eigenvalue weighted by molar-refractivity contribution is 5.87. The molecular formula is C14H24N2O4. The predicted molar refractivity (Wildman–Crippen MR) is 73.7 cm³/mol. The van der Waals surface area contributed by atoms with Gasteiger partial charge in [0.15, 0.2) is 0 Å². The van der Waals surface area contributed by atoms with E-state index < -0.39 is 23.3 Å². The van der Waals surface area contributed by atoms with Crippen LogP contribution < -0.4 is 11.1 Å². The minimum Gasteiger partial charge on any atom is -0.481 e. The number of carbonyl (C=O) groups excluding carboxylic acids is 2. The molecule has 0 heterocycles. The Morgan fingerprint density at radius 3 is 2.15 bits per heavy atom. The maximum absolute atomic E-state index is 12.1. The molecule has 4 N–H and O–H groups in total. The lowest BCUT2D eigenvalue weighted by atomic mass is 9.79. The molecule has 0 aromatic carbocycles. The number of aliphatic carboxylic acids is 1. The minimum atomic E-state index is -0.880. The molecular weight excluding hydrogens is 260 g/mol. The zero-order chi connectivity index (χ0) is 15.3. The Hall–Kier alpha value is -1.59. The van der Waals surface area contributed by atoms with Crippen molar-refractivity contribution in [3.05, 3.63) is 0 Å². The number of hydrogen-bond acceptors (Lipinski definition) is 3. The summed E-state index contributed by atoms with van der Waals surface area (Å²) in [6.07, 6.45) is 3.54. The van der Waals surface area contributed by atoms with Gasteiger partial charge < -0.3 is 16.2 Å². The van der Waals surface area contributed by atoms with Crippen LogP contribution in [0.5, 0.6) is 0 Å². The van der Waals surface area contributed by atoms with Crippen LogP contribution in [0.25, 0.3) is 0 Å². The van der Waals surface area contributed by atoms with Crippen LogP contribution in [0, 0.1) is 11.3 Å². The minimum absolute atomic E-state index is 0.00331. The lowest BCUT2D eigenvalue weighted by Crippen LogP contribution is -2.48. The molecule has 0 aliphatic heterocycles. The van der Waals surface area contributed by atoms with E-state index >= 15 is 0 Å². The van der Waals surface area contributed by atoms with Crippen molar-refractivity contribution >= 4 is 17.8 Å². The number of primary amides is 1. The zero-order valence-electron chi connectivity index (χ0n) is 12.1. The number of hydrogen-bond donors (Lipinski definition) is 3. The van der Waals surface area contributed by atoms with E-state index in [0.717, 1.165) is 25.7 Å². The Bertz CT molecular complexity index is 387. The lowest BCUT2D eigenvalue weighted by Gasteiger charge is -2.28. The fourth-order valence-electron chi connectivity index (χ4n) is 2.99. The van der Waals surface area contributed by atoms with Crippen LogP contribution in [0.1, 0.15) is 52.4 Å². The number of amides is 2. The predicted octanol–water partition coefficient (Wildman–Crippen LogP) is 1.04. The number of nitrogens with two attached hydrogens (primary N) is 1. The Morgan fingerprint density at radius 1 is 1.20 bits per heavy atom. The average Bonchev–Trinajstić information content (AvgIpc) is 2.72. The van der Waals surface area contributed by atoms with E-state index in [1.165, 1.54) is 0 Å². The summed E-state index contributed by atoms with van der Waals surface area (Å²) >= 11 is 0. The number of rotatable bonds is 7. The first kappa shape index (κ1) is 16.5. The Morgan fingerprint density at radius 2 is 1.75 bits per heavy atom. The molecule has 0 bridgehead atoms. The van der Waals surface area contributed by atoms with Gasteiger partial charge in [-0.25, -0.2) is 0 Å². The highest BCUT2D eigenvalue weighted by atomic mass is 16.4. The number of carboxylic acid groups (broad SMARTS) is 1. The van der Waals surface area contributed by atoms with Crippen molar-refractivity contribution in [2.45, 2.75) is 58.4 Å². The van der Waals surface area contributed by atoms with Crippen LogP contribution in [-0.2, 0) is 14.4 Å². The summed E-state index contributed by atoms with van der Waals surface area (Å²) in [4.78, 5) is 34.4. The van der Waals surface area contributed by atoms with E-state index in [0.29, 0.717) is 0 Å². The van der Waals surface area contributed by atoms with E-state index in [1.54, 1.807) is 13.8 Å². The van der Waals surface area contributed by atoms with Crippen molar-refractivity contribution in [3.63, 3.8) is 0 Å². The fraction of sp³-hybridized carbons (Fsp3) is 0.786. The third-order valence-electron chi connectivity index (χ3n) is 4.02. The molecule has 1 fully saturated rings. The van der Waals surface area contributed by atoms with Crippen LogP contribution in [0.4, 0.5) is 0 Å². The Kier molecular flexibility index (Phi) is 5.53. The van der Waals surface area contributed by atoms with Crippen molar-refractivity contribution in [2.24, 2.45) is 17.1 Å². The van der Waals surface area contributed by atoms with Crippen molar-refractivity contribution in [1.82, 2.24) is 5.32 Å². The van der Waals surface area contributed by atoms with E-state index in [1.807, 2.05) is 0 Å². The molecule has 6 heteroatoms. The average molecular weight is 284 g/mol. The van der Waals surface area contributed by atoms with Gasteiger partial charge in [0.05, 0.1) is 6.42 Å². The quantitative estimate of drug-likeness (QED) is 0.648. The molecule has 1 aliphatic carbocycles. The summed E-state index contributed by atoms with van der Waals surface area (Å²) in [7, 11) is 0. The Balaban J connectivity index is 2.67. The highest BCUT2D eigenvalue weighted by Crippen LogP contribution is 2.44. The molecule has 1 saturated carbocycles. The maximum Gasteiger partial charge on any atom is 0.303 e. The van der Waals surface area contributed by atoms with Crippen LogP contribution in [0.15, 0.2) is 0 Å². The molecule has 1 aliphatic rings. The summed E-state index contributed by atoms with van der Waals surface area (Å²) in [5.41, 5.74) is 4.80. The molecule has 1 atom stereocenters.